The van der Waals surface area contributed by atoms with Gasteiger partial charge in [0.1, 0.15) is 11.9 Å². The van der Waals surface area contributed by atoms with Gasteiger partial charge in [-0.25, -0.2) is 0 Å². The Morgan fingerprint density at radius 1 is 1.56 bits per heavy atom. The van der Waals surface area contributed by atoms with Gasteiger partial charge in [-0.05, 0) is 36.6 Å². The second-order valence-electron chi connectivity index (χ2n) is 3.79. The molecule has 1 atom stereocenters. The molecular formula is C12H13BrO2S. The normalized spacial score (nSPS) is 19.1. The molecule has 0 radical (unpaired) electrons. The fourth-order valence-electron chi connectivity index (χ4n) is 1.77. The second kappa shape index (κ2) is 5.23. The average Bonchev–Trinajstić information content (AvgIpc) is 2.27. The molecule has 0 saturated heterocycles. The van der Waals surface area contributed by atoms with Gasteiger partial charge in [-0.1, -0.05) is 15.9 Å². The minimum Gasteiger partial charge on any atom is -0.489 e. The van der Waals surface area contributed by atoms with Gasteiger partial charge < -0.3 is 4.74 Å². The molecule has 0 fully saturated rings. The number of hydrogen-bond donors (Lipinski definition) is 0. The number of hydrogen-bond acceptors (Lipinski definition) is 3. The van der Waals surface area contributed by atoms with Gasteiger partial charge in [-0.3, -0.25) is 4.79 Å². The zero-order chi connectivity index (χ0) is 11.5. The number of carbonyl (C=O) groups excluding carboxylic acids is 1. The van der Waals surface area contributed by atoms with Crippen LogP contribution >= 0.6 is 27.7 Å². The molecule has 0 aliphatic carbocycles. The van der Waals surface area contributed by atoms with Crippen LogP contribution in [0.15, 0.2) is 22.7 Å². The molecule has 1 heterocycles. The number of rotatable bonds is 3. The lowest BCUT2D eigenvalue weighted by molar-refractivity contribution is 0.0847. The van der Waals surface area contributed by atoms with Crippen molar-refractivity contribution in [2.45, 2.75) is 18.9 Å². The third-order valence-electron chi connectivity index (χ3n) is 2.59. The van der Waals surface area contributed by atoms with Gasteiger partial charge in [0.25, 0.3) is 0 Å². The van der Waals surface area contributed by atoms with E-state index in [1.165, 1.54) is 0 Å². The molecule has 1 aliphatic heterocycles. The Bertz CT molecular complexity index is 406. The molecule has 0 spiro atoms. The van der Waals surface area contributed by atoms with E-state index in [9.17, 15) is 4.79 Å². The summed E-state index contributed by atoms with van der Waals surface area (Å²) in [6, 6.07) is 5.61. The summed E-state index contributed by atoms with van der Waals surface area (Å²) in [6.07, 6.45) is 3.55. The first-order valence-corrected chi connectivity index (χ1v) is 7.37. The van der Waals surface area contributed by atoms with Crippen LogP contribution in [0, 0.1) is 0 Å². The predicted molar refractivity (Wildman–Crippen MR) is 70.5 cm³/mol. The van der Waals surface area contributed by atoms with E-state index in [-0.39, 0.29) is 11.9 Å². The van der Waals surface area contributed by atoms with Crippen molar-refractivity contribution >= 4 is 33.5 Å². The lowest BCUT2D eigenvalue weighted by Gasteiger charge is -2.25. The van der Waals surface area contributed by atoms with Crippen molar-refractivity contribution < 1.29 is 9.53 Å². The van der Waals surface area contributed by atoms with Crippen LogP contribution in [0.2, 0.25) is 0 Å². The van der Waals surface area contributed by atoms with Crippen LogP contribution in [-0.2, 0) is 0 Å². The molecule has 2 nitrogen and oxygen atoms in total. The smallest absolute Gasteiger partial charge is 0.170 e. The van der Waals surface area contributed by atoms with Crippen LogP contribution in [0.1, 0.15) is 23.2 Å². The first kappa shape index (κ1) is 12.0. The Kier molecular flexibility index (Phi) is 3.92. The van der Waals surface area contributed by atoms with Crippen molar-refractivity contribution in [2.24, 2.45) is 0 Å². The summed E-state index contributed by atoms with van der Waals surface area (Å²) in [5, 5.41) is 0. The quantitative estimate of drug-likeness (QED) is 0.854. The second-order valence-corrected chi connectivity index (χ2v) is 5.69. The summed E-state index contributed by atoms with van der Waals surface area (Å²) < 4.78 is 6.73. The standard InChI is InChI=1S/C12H13BrO2S/c1-16-5-4-9-7-11(14)10-6-8(13)2-3-12(10)15-9/h2-3,6,9H,4-5,7H2,1H3. The van der Waals surface area contributed by atoms with E-state index < -0.39 is 0 Å². The number of carbonyl (C=O) groups is 1. The lowest BCUT2D eigenvalue weighted by Crippen LogP contribution is -2.27. The van der Waals surface area contributed by atoms with Gasteiger partial charge >= 0.3 is 0 Å². The molecule has 1 aromatic rings. The van der Waals surface area contributed by atoms with E-state index in [2.05, 4.69) is 22.2 Å². The SMILES string of the molecule is CSCCC1CC(=O)c2cc(Br)ccc2O1. The Balaban J connectivity index is 2.17. The number of benzene rings is 1. The third kappa shape index (κ3) is 2.61. The Morgan fingerprint density at radius 3 is 3.12 bits per heavy atom. The van der Waals surface area contributed by atoms with Gasteiger partial charge in [0.05, 0.1) is 5.56 Å². The van der Waals surface area contributed by atoms with E-state index in [1.54, 1.807) is 11.8 Å². The molecule has 0 saturated carbocycles. The molecular weight excluding hydrogens is 288 g/mol. The highest BCUT2D eigenvalue weighted by molar-refractivity contribution is 9.10. The summed E-state index contributed by atoms with van der Waals surface area (Å²) in [5.41, 5.74) is 0.703. The molecule has 0 N–H and O–H groups in total. The molecule has 0 bridgehead atoms. The monoisotopic (exact) mass is 300 g/mol. The van der Waals surface area contributed by atoms with Crippen molar-refractivity contribution in [3.63, 3.8) is 0 Å². The van der Waals surface area contributed by atoms with E-state index in [4.69, 9.17) is 4.74 Å². The van der Waals surface area contributed by atoms with Crippen LogP contribution in [-0.4, -0.2) is 23.9 Å². The molecule has 16 heavy (non-hydrogen) atoms. The van der Waals surface area contributed by atoms with Gasteiger partial charge in [0.15, 0.2) is 5.78 Å². The fraction of sp³-hybridized carbons (Fsp3) is 0.417. The Labute approximate surface area is 108 Å². The van der Waals surface area contributed by atoms with E-state index >= 15 is 0 Å². The highest BCUT2D eigenvalue weighted by atomic mass is 79.9. The van der Waals surface area contributed by atoms with Crippen LogP contribution in [0.4, 0.5) is 0 Å². The average molecular weight is 301 g/mol. The maximum atomic E-state index is 11.9. The zero-order valence-electron chi connectivity index (χ0n) is 9.03. The van der Waals surface area contributed by atoms with Crippen LogP contribution in [0.3, 0.4) is 0 Å². The third-order valence-corrected chi connectivity index (χ3v) is 3.73. The van der Waals surface area contributed by atoms with Crippen molar-refractivity contribution in [3.8, 4) is 5.75 Å². The topological polar surface area (TPSA) is 26.3 Å². The van der Waals surface area contributed by atoms with Crippen LogP contribution in [0.25, 0.3) is 0 Å². The molecule has 2 rings (SSSR count). The first-order chi connectivity index (χ1) is 7.70. The lowest BCUT2D eigenvalue weighted by atomic mass is 10.00. The first-order valence-electron chi connectivity index (χ1n) is 5.19. The molecule has 1 aliphatic rings. The summed E-state index contributed by atoms with van der Waals surface area (Å²) in [7, 11) is 0. The number of thioether (sulfide) groups is 1. The minimum atomic E-state index is 0.0497. The van der Waals surface area contributed by atoms with Crippen LogP contribution in [0.5, 0.6) is 5.75 Å². The largest absolute Gasteiger partial charge is 0.489 e. The van der Waals surface area contributed by atoms with Crippen molar-refractivity contribution in [1.82, 2.24) is 0 Å². The Hall–Kier alpha value is -0.480. The number of ketones is 1. The highest BCUT2D eigenvalue weighted by Gasteiger charge is 2.25. The Morgan fingerprint density at radius 2 is 2.38 bits per heavy atom. The van der Waals surface area contributed by atoms with Gasteiger partial charge in [-0.2, -0.15) is 11.8 Å². The number of Topliss-reactive ketones (excluding diaryl/α,β-unsaturated/α-hetero) is 1. The summed E-state index contributed by atoms with van der Waals surface area (Å²) >= 11 is 5.15. The molecule has 0 aromatic heterocycles. The maximum absolute atomic E-state index is 11.9. The summed E-state index contributed by atoms with van der Waals surface area (Å²) in [4.78, 5) is 11.9. The molecule has 0 amide bonds. The summed E-state index contributed by atoms with van der Waals surface area (Å²) in [6.45, 7) is 0. The van der Waals surface area contributed by atoms with Gasteiger partial charge in [-0.15, -0.1) is 0 Å². The van der Waals surface area contributed by atoms with Crippen molar-refractivity contribution in [1.29, 1.82) is 0 Å². The number of ether oxygens (including phenoxy) is 1. The predicted octanol–water partition coefficient (Wildman–Crippen LogP) is 3.54. The van der Waals surface area contributed by atoms with Crippen molar-refractivity contribution in [3.05, 3.63) is 28.2 Å². The maximum Gasteiger partial charge on any atom is 0.170 e. The number of fused-ring (bicyclic) bond motifs is 1. The molecule has 1 aromatic carbocycles. The van der Waals surface area contributed by atoms with E-state index in [0.29, 0.717) is 12.0 Å². The van der Waals surface area contributed by atoms with E-state index in [0.717, 1.165) is 22.4 Å². The number of halogens is 1. The molecule has 86 valence electrons. The zero-order valence-corrected chi connectivity index (χ0v) is 11.4. The van der Waals surface area contributed by atoms with E-state index in [1.807, 2.05) is 18.2 Å². The highest BCUT2D eigenvalue weighted by Crippen LogP contribution is 2.31. The summed E-state index contributed by atoms with van der Waals surface area (Å²) in [5.74, 6) is 1.95. The molecule has 1 unspecified atom stereocenters. The minimum absolute atomic E-state index is 0.0497. The van der Waals surface area contributed by atoms with Gasteiger partial charge in [0, 0.05) is 10.9 Å². The van der Waals surface area contributed by atoms with Crippen LogP contribution < -0.4 is 4.74 Å². The van der Waals surface area contributed by atoms with Gasteiger partial charge in [0.2, 0.25) is 0 Å². The molecule has 4 heteroatoms. The van der Waals surface area contributed by atoms with Crippen molar-refractivity contribution in [2.75, 3.05) is 12.0 Å². The fourth-order valence-corrected chi connectivity index (χ4v) is 2.63.